The summed E-state index contributed by atoms with van der Waals surface area (Å²) >= 11 is 0. The van der Waals surface area contributed by atoms with E-state index in [0.717, 1.165) is 0 Å². The average molecular weight is 297 g/mol. The first-order valence-electron chi connectivity index (χ1n) is 6.49. The van der Waals surface area contributed by atoms with Gasteiger partial charge in [-0.05, 0) is 44.9 Å². The van der Waals surface area contributed by atoms with Crippen LogP contribution in [0.2, 0.25) is 0 Å². The van der Waals surface area contributed by atoms with Crippen molar-refractivity contribution in [3.05, 3.63) is 42.0 Å². The molecular formula is C15H23NO3S. The average Bonchev–Trinajstić information content (AvgIpc) is 2.34. The zero-order chi connectivity index (χ0) is 15.6. The summed E-state index contributed by atoms with van der Waals surface area (Å²) in [6.45, 7) is 11.0. The van der Waals surface area contributed by atoms with E-state index < -0.39 is 15.6 Å². The lowest BCUT2D eigenvalue weighted by atomic mass is 10.1. The molecule has 0 saturated heterocycles. The van der Waals surface area contributed by atoms with Crippen LogP contribution in [-0.4, -0.2) is 29.9 Å². The highest BCUT2D eigenvalue weighted by atomic mass is 32.2. The summed E-state index contributed by atoms with van der Waals surface area (Å²) in [6, 6.07) is 4.95. The Kier molecular flexibility index (Phi) is 5.13. The number of hydrogen-bond donors (Lipinski definition) is 1. The van der Waals surface area contributed by atoms with E-state index >= 15 is 0 Å². The Balaban J connectivity index is 3.45. The first-order valence-corrected chi connectivity index (χ1v) is 7.93. The van der Waals surface area contributed by atoms with E-state index in [2.05, 4.69) is 6.58 Å². The number of sulfonamides is 1. The number of nitrogens with zero attached hydrogens (tertiary/aromatic N) is 1. The quantitative estimate of drug-likeness (QED) is 0.849. The van der Waals surface area contributed by atoms with Gasteiger partial charge >= 0.3 is 0 Å². The fraction of sp³-hybridized carbons (Fsp3) is 0.467. The van der Waals surface area contributed by atoms with Gasteiger partial charge in [-0.15, -0.1) is 6.58 Å². The standard InChI is InChI=1S/C15H23NO3S/c1-6-10-16(15(3,4)5)20(18,19)14-9-7-8-13(11-17)12(14)2/h6-9,17H,1,10-11H2,2-5H3. The summed E-state index contributed by atoms with van der Waals surface area (Å²) in [7, 11) is -3.63. The highest BCUT2D eigenvalue weighted by molar-refractivity contribution is 7.89. The van der Waals surface area contributed by atoms with Crippen molar-refractivity contribution in [2.45, 2.75) is 44.7 Å². The molecule has 0 aromatic heterocycles. The molecule has 1 aromatic carbocycles. The van der Waals surface area contributed by atoms with Crippen LogP contribution in [0.3, 0.4) is 0 Å². The molecule has 112 valence electrons. The van der Waals surface area contributed by atoms with Gasteiger partial charge in [-0.2, -0.15) is 4.31 Å². The van der Waals surface area contributed by atoms with Crippen LogP contribution in [0.25, 0.3) is 0 Å². The molecule has 0 unspecified atom stereocenters. The highest BCUT2D eigenvalue weighted by Crippen LogP contribution is 2.27. The number of aliphatic hydroxyl groups excluding tert-OH is 1. The van der Waals surface area contributed by atoms with Crippen molar-refractivity contribution in [2.24, 2.45) is 0 Å². The lowest BCUT2D eigenvalue weighted by molar-refractivity contribution is 0.269. The Morgan fingerprint density at radius 1 is 1.35 bits per heavy atom. The molecule has 4 nitrogen and oxygen atoms in total. The van der Waals surface area contributed by atoms with E-state index in [1.54, 1.807) is 31.2 Å². The fourth-order valence-electron chi connectivity index (χ4n) is 2.08. The molecule has 0 heterocycles. The van der Waals surface area contributed by atoms with Crippen molar-refractivity contribution in [1.82, 2.24) is 4.31 Å². The van der Waals surface area contributed by atoms with Crippen LogP contribution < -0.4 is 0 Å². The highest BCUT2D eigenvalue weighted by Gasteiger charge is 2.34. The third kappa shape index (κ3) is 3.29. The van der Waals surface area contributed by atoms with Crippen molar-refractivity contribution in [3.8, 4) is 0 Å². The van der Waals surface area contributed by atoms with Gasteiger partial charge in [0.1, 0.15) is 0 Å². The largest absolute Gasteiger partial charge is 0.392 e. The Hall–Kier alpha value is -1.17. The molecule has 0 amide bonds. The van der Waals surface area contributed by atoms with E-state index in [4.69, 9.17) is 0 Å². The first kappa shape index (κ1) is 16.9. The predicted octanol–water partition coefficient (Wildman–Crippen LogP) is 2.46. The molecule has 0 atom stereocenters. The third-order valence-electron chi connectivity index (χ3n) is 3.18. The molecule has 0 aliphatic carbocycles. The summed E-state index contributed by atoms with van der Waals surface area (Å²) < 4.78 is 27.1. The van der Waals surface area contributed by atoms with Gasteiger partial charge in [0.05, 0.1) is 11.5 Å². The smallest absolute Gasteiger partial charge is 0.244 e. The lowest BCUT2D eigenvalue weighted by Crippen LogP contribution is -2.45. The van der Waals surface area contributed by atoms with Crippen molar-refractivity contribution >= 4 is 10.0 Å². The summed E-state index contributed by atoms with van der Waals surface area (Å²) in [6.07, 6.45) is 1.58. The summed E-state index contributed by atoms with van der Waals surface area (Å²) in [5.74, 6) is 0. The molecular weight excluding hydrogens is 274 g/mol. The van der Waals surface area contributed by atoms with E-state index in [1.807, 2.05) is 20.8 Å². The van der Waals surface area contributed by atoms with Gasteiger partial charge in [-0.1, -0.05) is 18.2 Å². The first-order chi connectivity index (χ1) is 9.16. The molecule has 0 aliphatic heterocycles. The molecule has 0 spiro atoms. The number of benzene rings is 1. The molecule has 0 radical (unpaired) electrons. The molecule has 0 aliphatic rings. The van der Waals surface area contributed by atoms with Gasteiger partial charge in [-0.3, -0.25) is 0 Å². The van der Waals surface area contributed by atoms with Gasteiger partial charge in [-0.25, -0.2) is 8.42 Å². The Bertz CT molecular complexity index is 586. The van der Waals surface area contributed by atoms with Gasteiger partial charge in [0.2, 0.25) is 10.0 Å². The summed E-state index contributed by atoms with van der Waals surface area (Å²) in [5.41, 5.74) is 0.668. The maximum absolute atomic E-state index is 12.9. The van der Waals surface area contributed by atoms with E-state index in [-0.39, 0.29) is 18.0 Å². The number of aliphatic hydroxyl groups is 1. The molecule has 0 bridgehead atoms. The van der Waals surface area contributed by atoms with Crippen LogP contribution in [0.1, 0.15) is 31.9 Å². The second-order valence-electron chi connectivity index (χ2n) is 5.69. The Morgan fingerprint density at radius 3 is 2.40 bits per heavy atom. The molecule has 0 saturated carbocycles. The monoisotopic (exact) mass is 297 g/mol. The van der Waals surface area contributed by atoms with Gasteiger partial charge in [0, 0.05) is 12.1 Å². The molecule has 1 N–H and O–H groups in total. The van der Waals surface area contributed by atoms with Crippen LogP contribution in [0.4, 0.5) is 0 Å². The third-order valence-corrected chi connectivity index (χ3v) is 5.45. The Labute approximate surface area is 121 Å². The van der Waals surface area contributed by atoms with Gasteiger partial charge in [0.25, 0.3) is 0 Å². The zero-order valence-electron chi connectivity index (χ0n) is 12.5. The minimum Gasteiger partial charge on any atom is -0.392 e. The topological polar surface area (TPSA) is 57.6 Å². The van der Waals surface area contributed by atoms with E-state index in [0.29, 0.717) is 11.1 Å². The maximum atomic E-state index is 12.9. The summed E-state index contributed by atoms with van der Waals surface area (Å²) in [4.78, 5) is 0.237. The normalized spacial score (nSPS) is 12.7. The number of hydrogen-bond acceptors (Lipinski definition) is 3. The van der Waals surface area contributed by atoms with Crippen LogP contribution in [0, 0.1) is 6.92 Å². The lowest BCUT2D eigenvalue weighted by Gasteiger charge is -2.34. The van der Waals surface area contributed by atoms with Crippen LogP contribution >= 0.6 is 0 Å². The van der Waals surface area contributed by atoms with E-state index in [9.17, 15) is 13.5 Å². The van der Waals surface area contributed by atoms with Crippen molar-refractivity contribution in [2.75, 3.05) is 6.54 Å². The fourth-order valence-corrected chi connectivity index (χ4v) is 4.11. The maximum Gasteiger partial charge on any atom is 0.244 e. The van der Waals surface area contributed by atoms with Crippen molar-refractivity contribution < 1.29 is 13.5 Å². The minimum atomic E-state index is -3.63. The van der Waals surface area contributed by atoms with Crippen molar-refractivity contribution in [3.63, 3.8) is 0 Å². The van der Waals surface area contributed by atoms with Gasteiger partial charge in [0.15, 0.2) is 0 Å². The zero-order valence-corrected chi connectivity index (χ0v) is 13.4. The minimum absolute atomic E-state index is 0.174. The molecule has 1 rings (SSSR count). The van der Waals surface area contributed by atoms with Crippen LogP contribution in [0.5, 0.6) is 0 Å². The summed E-state index contributed by atoms with van der Waals surface area (Å²) in [5, 5.41) is 9.29. The van der Waals surface area contributed by atoms with E-state index in [1.165, 1.54) is 4.31 Å². The molecule has 0 fully saturated rings. The SMILES string of the molecule is C=CCN(C(C)(C)C)S(=O)(=O)c1cccc(CO)c1C. The molecule has 5 heteroatoms. The molecule has 1 aromatic rings. The predicted molar refractivity (Wildman–Crippen MR) is 80.9 cm³/mol. The Morgan fingerprint density at radius 2 is 1.95 bits per heavy atom. The number of rotatable bonds is 5. The van der Waals surface area contributed by atoms with Crippen molar-refractivity contribution in [1.29, 1.82) is 0 Å². The second-order valence-corrected chi connectivity index (χ2v) is 7.52. The second kappa shape index (κ2) is 6.08. The van der Waals surface area contributed by atoms with Crippen LogP contribution in [-0.2, 0) is 16.6 Å². The molecule has 20 heavy (non-hydrogen) atoms. The van der Waals surface area contributed by atoms with Gasteiger partial charge < -0.3 is 5.11 Å². The van der Waals surface area contributed by atoms with Crippen LogP contribution in [0.15, 0.2) is 35.7 Å².